The summed E-state index contributed by atoms with van der Waals surface area (Å²) in [6.07, 6.45) is 4.01. The average molecular weight is 710 g/mol. The Hall–Kier alpha value is -4.45. The van der Waals surface area contributed by atoms with Gasteiger partial charge in [-0.3, -0.25) is 9.13 Å². The van der Waals surface area contributed by atoms with E-state index in [4.69, 9.17) is 18.5 Å². The predicted molar refractivity (Wildman–Crippen MR) is 197 cm³/mol. The minimum absolute atomic E-state index is 0.164. The molecule has 9 nitrogen and oxygen atoms in total. The third kappa shape index (κ3) is 7.21. The van der Waals surface area contributed by atoms with Gasteiger partial charge in [-0.1, -0.05) is 93.1 Å². The molecule has 0 radical (unpaired) electrons. The Morgan fingerprint density at radius 3 is 1.70 bits per heavy atom. The van der Waals surface area contributed by atoms with Crippen molar-refractivity contribution in [2.75, 3.05) is 25.5 Å². The zero-order valence-electron chi connectivity index (χ0n) is 28.4. The van der Waals surface area contributed by atoms with Crippen LogP contribution in [0.4, 0.5) is 0 Å². The van der Waals surface area contributed by atoms with Gasteiger partial charge in [-0.25, -0.2) is 0 Å². The van der Waals surface area contributed by atoms with Gasteiger partial charge < -0.3 is 18.5 Å². The lowest BCUT2D eigenvalue weighted by Crippen LogP contribution is -2.20. The van der Waals surface area contributed by atoms with Gasteiger partial charge in [-0.15, -0.1) is 4.98 Å². The second-order valence-corrected chi connectivity index (χ2v) is 17.7. The van der Waals surface area contributed by atoms with Crippen molar-refractivity contribution in [2.24, 2.45) is 5.92 Å². The summed E-state index contributed by atoms with van der Waals surface area (Å²) in [6.45, 7) is 4.93. The van der Waals surface area contributed by atoms with Crippen LogP contribution in [-0.2, 0) is 15.6 Å². The number of fused-ring (bicyclic) bond motifs is 6. The lowest BCUT2D eigenvalue weighted by molar-refractivity contribution is 0.225. The van der Waals surface area contributed by atoms with Crippen molar-refractivity contribution < 1.29 is 27.7 Å². The molecule has 0 amide bonds. The SMILES string of the molecule is CCC(C)COc1nc(CCCCP2(=O)Oc3ccccc3-c3ccccc32)nc(OCCCP2(=O)Oc3ccccc3-c3ccccc32)n1. The molecule has 7 rings (SSSR count). The maximum Gasteiger partial charge on any atom is 0.322 e. The van der Waals surface area contributed by atoms with Gasteiger partial charge in [0, 0.05) is 29.9 Å². The van der Waals surface area contributed by atoms with Gasteiger partial charge in [0.05, 0.1) is 23.8 Å². The number of rotatable bonds is 14. The number of aromatic nitrogens is 3. The molecule has 50 heavy (non-hydrogen) atoms. The number of hydrogen-bond donors (Lipinski definition) is 0. The van der Waals surface area contributed by atoms with Crippen LogP contribution in [-0.4, -0.2) is 40.5 Å². The summed E-state index contributed by atoms with van der Waals surface area (Å²) >= 11 is 0. The lowest BCUT2D eigenvalue weighted by Gasteiger charge is -2.28. The van der Waals surface area contributed by atoms with Crippen LogP contribution >= 0.6 is 14.7 Å². The summed E-state index contributed by atoms with van der Waals surface area (Å²) in [5.41, 5.74) is 3.82. The summed E-state index contributed by atoms with van der Waals surface area (Å²) in [7, 11) is -6.28. The Morgan fingerprint density at radius 2 is 1.12 bits per heavy atom. The second kappa shape index (κ2) is 14.8. The molecule has 2 aliphatic heterocycles. The molecule has 5 aromatic rings. The topological polar surface area (TPSA) is 110 Å². The molecule has 2 aliphatic rings. The molecule has 3 unspecified atom stereocenters. The maximum absolute atomic E-state index is 14.2. The molecule has 3 atom stereocenters. The van der Waals surface area contributed by atoms with Crippen LogP contribution < -0.4 is 29.1 Å². The minimum Gasteiger partial charge on any atom is -0.463 e. The van der Waals surface area contributed by atoms with Crippen LogP contribution in [0.5, 0.6) is 23.5 Å². The van der Waals surface area contributed by atoms with Crippen molar-refractivity contribution in [1.82, 2.24) is 15.0 Å². The molecule has 0 spiro atoms. The van der Waals surface area contributed by atoms with E-state index >= 15 is 0 Å². The first kappa shape index (κ1) is 34.0. The zero-order chi connectivity index (χ0) is 34.6. The van der Waals surface area contributed by atoms with Crippen molar-refractivity contribution in [3.8, 4) is 45.8 Å². The van der Waals surface area contributed by atoms with Gasteiger partial charge in [0.15, 0.2) is 0 Å². The van der Waals surface area contributed by atoms with E-state index in [1.54, 1.807) is 0 Å². The molecule has 4 aromatic carbocycles. The third-order valence-electron chi connectivity index (χ3n) is 9.15. The number of unbranched alkanes of at least 4 members (excludes halogenated alkanes) is 1. The van der Waals surface area contributed by atoms with E-state index in [0.717, 1.165) is 39.3 Å². The molecule has 0 bridgehead atoms. The molecular formula is C39H41N3O6P2. The highest BCUT2D eigenvalue weighted by atomic mass is 31.2. The molecular weight excluding hydrogens is 668 g/mol. The van der Waals surface area contributed by atoms with Crippen molar-refractivity contribution in [2.45, 2.75) is 46.0 Å². The highest BCUT2D eigenvalue weighted by Crippen LogP contribution is 2.56. The van der Waals surface area contributed by atoms with Crippen LogP contribution in [0.25, 0.3) is 22.3 Å². The molecule has 0 saturated carbocycles. The Balaban J connectivity index is 0.998. The van der Waals surface area contributed by atoms with Gasteiger partial charge in [-0.2, -0.15) is 9.97 Å². The highest BCUT2D eigenvalue weighted by Gasteiger charge is 2.36. The second-order valence-electron chi connectivity index (χ2n) is 12.8. The van der Waals surface area contributed by atoms with E-state index in [1.807, 2.05) is 97.1 Å². The number of hydrogen-bond acceptors (Lipinski definition) is 9. The molecule has 258 valence electrons. The summed E-state index contributed by atoms with van der Waals surface area (Å²) < 4.78 is 52.7. The number of benzene rings is 4. The molecule has 0 fully saturated rings. The molecule has 0 aliphatic carbocycles. The van der Waals surface area contributed by atoms with Crippen molar-refractivity contribution in [3.63, 3.8) is 0 Å². The standard InChI is InChI=1S/C39H41N3O6P2/c1-3-28(2)27-46-39-41-37(23-12-13-25-49(43)35-21-10-6-17-31(35)29-15-4-8-19-33(29)47-49)40-38(42-39)45-24-14-26-50(44)36-22-11-7-18-32(36)30-16-5-9-20-34(30)48-50/h4-11,15-22,28H,3,12-14,23-27H2,1-2H3. The van der Waals surface area contributed by atoms with Gasteiger partial charge in [0.25, 0.3) is 14.7 Å². The Kier molecular flexibility index (Phi) is 10.1. The fraction of sp³-hybridized carbons (Fsp3) is 0.308. The van der Waals surface area contributed by atoms with Crippen LogP contribution in [0, 0.1) is 5.92 Å². The Bertz CT molecular complexity index is 1950. The number of ether oxygens (including phenoxy) is 2. The third-order valence-corrected chi connectivity index (χ3v) is 14.2. The lowest BCUT2D eigenvalue weighted by atomic mass is 10.0. The van der Waals surface area contributed by atoms with E-state index < -0.39 is 14.7 Å². The van der Waals surface area contributed by atoms with Crippen LogP contribution in [0.15, 0.2) is 97.1 Å². The number of nitrogens with zero attached hydrogens (tertiary/aromatic N) is 3. The van der Waals surface area contributed by atoms with Crippen molar-refractivity contribution in [1.29, 1.82) is 0 Å². The minimum atomic E-state index is -3.17. The fourth-order valence-electron chi connectivity index (χ4n) is 6.28. The molecule has 0 N–H and O–H groups in total. The Morgan fingerprint density at radius 1 is 0.620 bits per heavy atom. The van der Waals surface area contributed by atoms with Gasteiger partial charge in [0.2, 0.25) is 0 Å². The van der Waals surface area contributed by atoms with E-state index in [0.29, 0.717) is 67.9 Å². The molecule has 3 heterocycles. The van der Waals surface area contributed by atoms with E-state index in [1.165, 1.54) is 0 Å². The molecule has 0 saturated heterocycles. The zero-order valence-corrected chi connectivity index (χ0v) is 30.2. The van der Waals surface area contributed by atoms with Crippen molar-refractivity contribution >= 4 is 25.3 Å². The summed E-state index contributed by atoms with van der Waals surface area (Å²) in [5.74, 6) is 2.17. The van der Waals surface area contributed by atoms with Gasteiger partial charge in [-0.05, 0) is 60.6 Å². The normalized spacial score (nSPS) is 19.1. The van der Waals surface area contributed by atoms with Crippen LogP contribution in [0.3, 0.4) is 0 Å². The quantitative estimate of drug-likeness (QED) is 0.0826. The van der Waals surface area contributed by atoms with Crippen molar-refractivity contribution in [3.05, 3.63) is 103 Å². The van der Waals surface area contributed by atoms with Gasteiger partial charge in [0.1, 0.15) is 17.3 Å². The average Bonchev–Trinajstić information content (AvgIpc) is 3.14. The van der Waals surface area contributed by atoms with E-state index in [-0.39, 0.29) is 18.6 Å². The van der Waals surface area contributed by atoms with Crippen LogP contribution in [0.1, 0.15) is 45.4 Å². The highest BCUT2D eigenvalue weighted by molar-refractivity contribution is 7.68. The van der Waals surface area contributed by atoms with E-state index in [2.05, 4.69) is 28.8 Å². The number of para-hydroxylation sites is 2. The fourth-order valence-corrected chi connectivity index (χ4v) is 11.0. The summed E-state index contributed by atoms with van der Waals surface area (Å²) in [5, 5.41) is 1.50. The smallest absolute Gasteiger partial charge is 0.322 e. The summed E-state index contributed by atoms with van der Waals surface area (Å²) in [4.78, 5) is 13.6. The molecule has 1 aromatic heterocycles. The largest absolute Gasteiger partial charge is 0.463 e. The Labute approximate surface area is 293 Å². The van der Waals surface area contributed by atoms with E-state index in [9.17, 15) is 9.13 Å². The summed E-state index contributed by atoms with van der Waals surface area (Å²) in [6, 6.07) is 31.4. The first-order valence-corrected chi connectivity index (χ1v) is 20.9. The molecule has 11 heteroatoms. The number of aryl methyl sites for hydroxylation is 1. The first-order chi connectivity index (χ1) is 24.3. The monoisotopic (exact) mass is 709 g/mol. The van der Waals surface area contributed by atoms with Crippen LogP contribution in [0.2, 0.25) is 0 Å². The maximum atomic E-state index is 14.2. The van der Waals surface area contributed by atoms with Gasteiger partial charge >= 0.3 is 12.0 Å². The predicted octanol–water partition coefficient (Wildman–Crippen LogP) is 8.71. The first-order valence-electron chi connectivity index (χ1n) is 17.3.